The highest BCUT2D eigenvalue weighted by Gasteiger charge is 2.42. The Balaban J connectivity index is 0.00000107. The number of pyridine rings is 1. The average Bonchev–Trinajstić information content (AvgIpc) is 3.44. The highest BCUT2D eigenvalue weighted by molar-refractivity contribution is 5.95. The lowest BCUT2D eigenvalue weighted by atomic mass is 9.81. The van der Waals surface area contributed by atoms with E-state index >= 15 is 0 Å². The van der Waals surface area contributed by atoms with Crippen molar-refractivity contribution in [3.63, 3.8) is 0 Å². The van der Waals surface area contributed by atoms with Crippen molar-refractivity contribution < 1.29 is 41.8 Å². The van der Waals surface area contributed by atoms with Crippen molar-refractivity contribution in [1.82, 2.24) is 15.3 Å². The zero-order valence-electron chi connectivity index (χ0n) is 19.5. The van der Waals surface area contributed by atoms with Gasteiger partial charge in [0.1, 0.15) is 22.7 Å². The molecule has 12 heteroatoms. The van der Waals surface area contributed by atoms with Crippen LogP contribution in [0, 0.1) is 0 Å². The predicted molar refractivity (Wildman–Crippen MR) is 126 cm³/mol. The van der Waals surface area contributed by atoms with Gasteiger partial charge in [-0.2, -0.15) is 0 Å². The molecule has 2 N–H and O–H groups in total. The minimum atomic E-state index is -4.81. The highest BCUT2D eigenvalue weighted by Crippen LogP contribution is 2.41. The first kappa shape index (κ1) is 26.2. The van der Waals surface area contributed by atoms with Gasteiger partial charge in [0.15, 0.2) is 12.2 Å². The number of nitrogens with one attached hydrogen (secondary N) is 1. The molecule has 1 aliphatic rings. The second-order valence-corrected chi connectivity index (χ2v) is 7.93. The van der Waals surface area contributed by atoms with E-state index in [1.807, 2.05) is 0 Å². The van der Waals surface area contributed by atoms with E-state index in [4.69, 9.17) is 19.1 Å². The molecule has 0 bridgehead atoms. The zero-order valence-corrected chi connectivity index (χ0v) is 19.5. The van der Waals surface area contributed by atoms with Gasteiger partial charge in [-0.3, -0.25) is 14.6 Å². The molecular formula is C26H20F3N3O6. The molecule has 4 aromatic rings. The third-order valence-corrected chi connectivity index (χ3v) is 5.68. The fourth-order valence-electron chi connectivity index (χ4n) is 4.09. The number of hydrogen-bond acceptors (Lipinski definition) is 7. The Kier molecular flexibility index (Phi) is 7.61. The van der Waals surface area contributed by atoms with Crippen LogP contribution in [0.5, 0.6) is 11.5 Å². The van der Waals surface area contributed by atoms with Crippen LogP contribution in [-0.2, 0) is 10.3 Å². The van der Waals surface area contributed by atoms with E-state index in [2.05, 4.69) is 20.0 Å². The van der Waals surface area contributed by atoms with Crippen LogP contribution in [-0.4, -0.2) is 40.4 Å². The second kappa shape index (κ2) is 11.0. The largest absolute Gasteiger partial charge is 0.573 e. The SMILES string of the molecule is O=C(N[C@]1(c2ccc(OC(F)(F)F)cc2)CCOc2cccnc21)c1ccc(-c2cnco2)cc1.O=CO. The van der Waals surface area contributed by atoms with Crippen LogP contribution in [0.1, 0.15) is 28.0 Å². The Morgan fingerprint density at radius 3 is 2.45 bits per heavy atom. The number of benzene rings is 2. The highest BCUT2D eigenvalue weighted by atomic mass is 19.4. The number of amides is 1. The van der Waals surface area contributed by atoms with Gasteiger partial charge in [0.05, 0.1) is 12.8 Å². The maximum atomic E-state index is 13.4. The normalized spacial score (nSPS) is 16.2. The van der Waals surface area contributed by atoms with Crippen molar-refractivity contribution in [1.29, 1.82) is 0 Å². The van der Waals surface area contributed by atoms with Crippen LogP contribution in [0.25, 0.3) is 11.3 Å². The molecule has 38 heavy (non-hydrogen) atoms. The quantitative estimate of drug-likeness (QED) is 0.355. The van der Waals surface area contributed by atoms with Gasteiger partial charge in [-0.15, -0.1) is 13.2 Å². The number of ether oxygens (including phenoxy) is 2. The predicted octanol–water partition coefficient (Wildman–Crippen LogP) is 4.79. The maximum Gasteiger partial charge on any atom is 0.573 e. The summed E-state index contributed by atoms with van der Waals surface area (Å²) in [6.45, 7) is 0.0181. The Labute approximate surface area is 213 Å². The van der Waals surface area contributed by atoms with Crippen LogP contribution in [0.4, 0.5) is 13.2 Å². The Morgan fingerprint density at radius 2 is 1.82 bits per heavy atom. The van der Waals surface area contributed by atoms with Crippen molar-refractivity contribution in [2.45, 2.75) is 18.3 Å². The summed E-state index contributed by atoms with van der Waals surface area (Å²) >= 11 is 0. The van der Waals surface area contributed by atoms with Crippen molar-refractivity contribution in [3.05, 3.63) is 96.3 Å². The molecule has 9 nitrogen and oxygen atoms in total. The molecule has 3 heterocycles. The van der Waals surface area contributed by atoms with E-state index in [1.54, 1.807) is 48.8 Å². The number of carboxylic acid groups (broad SMARTS) is 1. The zero-order chi connectivity index (χ0) is 27.2. The summed E-state index contributed by atoms with van der Waals surface area (Å²) in [6, 6.07) is 15.6. The van der Waals surface area contributed by atoms with Crippen molar-refractivity contribution in [2.24, 2.45) is 0 Å². The molecule has 0 radical (unpaired) electrons. The Hall–Kier alpha value is -4.87. The lowest BCUT2D eigenvalue weighted by Gasteiger charge is -2.39. The molecule has 5 rings (SSSR count). The second-order valence-electron chi connectivity index (χ2n) is 7.93. The van der Waals surface area contributed by atoms with Gasteiger partial charge in [0, 0.05) is 23.7 Å². The number of alkyl halides is 3. The van der Waals surface area contributed by atoms with E-state index in [1.165, 1.54) is 30.7 Å². The van der Waals surface area contributed by atoms with Crippen molar-refractivity contribution in [3.8, 4) is 22.8 Å². The van der Waals surface area contributed by atoms with E-state index in [0.717, 1.165) is 5.56 Å². The molecule has 2 aromatic heterocycles. The Bertz CT molecular complexity index is 1380. The smallest absolute Gasteiger partial charge is 0.491 e. The standard InChI is InChI=1S/C25H18F3N3O4.CH2O2/c26-25(27,28)35-19-9-7-18(8-10-19)24(11-13-33-20-2-1-12-30-22(20)24)31-23(32)17-5-3-16(4-6-17)21-14-29-15-34-21;2-1-3/h1-10,12,14-15H,11,13H2,(H,31,32);1H,(H,2,3)/t24-;/m0./s1. The molecule has 0 saturated carbocycles. The summed E-state index contributed by atoms with van der Waals surface area (Å²) in [4.78, 5) is 30.1. The monoisotopic (exact) mass is 527 g/mol. The van der Waals surface area contributed by atoms with E-state index in [-0.39, 0.29) is 24.7 Å². The summed E-state index contributed by atoms with van der Waals surface area (Å²) < 4.78 is 52.9. The van der Waals surface area contributed by atoms with Crippen molar-refractivity contribution in [2.75, 3.05) is 6.61 Å². The maximum absolute atomic E-state index is 13.4. The van der Waals surface area contributed by atoms with E-state index in [9.17, 15) is 18.0 Å². The third kappa shape index (κ3) is 5.75. The minimum Gasteiger partial charge on any atom is -0.491 e. The number of oxazole rings is 1. The van der Waals surface area contributed by atoms with E-state index in [0.29, 0.717) is 34.8 Å². The van der Waals surface area contributed by atoms with Crippen molar-refractivity contribution >= 4 is 12.4 Å². The van der Waals surface area contributed by atoms with Gasteiger partial charge in [0.25, 0.3) is 12.4 Å². The third-order valence-electron chi connectivity index (χ3n) is 5.68. The molecule has 0 saturated heterocycles. The number of nitrogens with zero attached hydrogens (tertiary/aromatic N) is 2. The number of aromatic nitrogens is 2. The number of fused-ring (bicyclic) bond motifs is 1. The number of hydrogen-bond donors (Lipinski definition) is 2. The van der Waals surface area contributed by atoms with E-state index < -0.39 is 11.9 Å². The minimum absolute atomic E-state index is 0.250. The molecule has 0 aliphatic carbocycles. The topological polar surface area (TPSA) is 124 Å². The fourth-order valence-corrected chi connectivity index (χ4v) is 4.09. The molecule has 2 aromatic carbocycles. The van der Waals surface area contributed by atoms with Gasteiger partial charge < -0.3 is 24.3 Å². The summed E-state index contributed by atoms with van der Waals surface area (Å²) in [5, 5.41) is 9.95. The molecule has 196 valence electrons. The lowest BCUT2D eigenvalue weighted by molar-refractivity contribution is -0.274. The molecule has 1 atom stereocenters. The summed E-state index contributed by atoms with van der Waals surface area (Å²) in [7, 11) is 0. The molecular weight excluding hydrogens is 507 g/mol. The van der Waals surface area contributed by atoms with Gasteiger partial charge in [-0.1, -0.05) is 24.3 Å². The summed E-state index contributed by atoms with van der Waals surface area (Å²) in [5.74, 6) is 0.301. The average molecular weight is 527 g/mol. The Morgan fingerprint density at radius 1 is 1.11 bits per heavy atom. The number of carbonyl (C=O) groups is 2. The number of rotatable bonds is 5. The molecule has 0 fully saturated rings. The number of halogens is 3. The van der Waals surface area contributed by atoms with Crippen LogP contribution in [0.3, 0.4) is 0 Å². The molecule has 0 spiro atoms. The molecule has 1 aliphatic heterocycles. The van der Waals surface area contributed by atoms with Gasteiger partial charge in [0.2, 0.25) is 0 Å². The van der Waals surface area contributed by atoms with Crippen LogP contribution < -0.4 is 14.8 Å². The van der Waals surface area contributed by atoms with Crippen LogP contribution in [0.15, 0.2) is 83.9 Å². The number of carbonyl (C=O) groups excluding carboxylic acids is 1. The molecule has 0 unspecified atom stereocenters. The summed E-state index contributed by atoms with van der Waals surface area (Å²) in [6.07, 6.45) is -0.0283. The molecule has 1 amide bonds. The van der Waals surface area contributed by atoms with Gasteiger partial charge in [-0.25, -0.2) is 4.98 Å². The van der Waals surface area contributed by atoms with Crippen LogP contribution >= 0.6 is 0 Å². The first-order chi connectivity index (χ1) is 18.3. The van der Waals surface area contributed by atoms with Gasteiger partial charge >= 0.3 is 6.36 Å². The fraction of sp³-hybridized carbons (Fsp3) is 0.154. The first-order valence-electron chi connectivity index (χ1n) is 11.1. The van der Waals surface area contributed by atoms with Gasteiger partial charge in [-0.05, 0) is 42.0 Å². The summed E-state index contributed by atoms with van der Waals surface area (Å²) in [5.41, 5.74) is 1.01. The first-order valence-corrected chi connectivity index (χ1v) is 11.1. The lowest BCUT2D eigenvalue weighted by Crippen LogP contribution is -2.50. The van der Waals surface area contributed by atoms with Crippen LogP contribution in [0.2, 0.25) is 0 Å².